The molecule has 0 radical (unpaired) electrons. The fraction of sp³-hybridized carbons (Fsp3) is 0.462. The SMILES string of the molecule is CC1CN(c2ccc(F)cc2)CC(CC#N)N1. The van der Waals surface area contributed by atoms with Gasteiger partial charge in [-0.1, -0.05) is 0 Å². The Kier molecular flexibility index (Phi) is 3.60. The highest BCUT2D eigenvalue weighted by atomic mass is 19.1. The highest BCUT2D eigenvalue weighted by Crippen LogP contribution is 2.18. The van der Waals surface area contributed by atoms with E-state index in [1.165, 1.54) is 12.1 Å². The van der Waals surface area contributed by atoms with Crippen molar-refractivity contribution in [1.82, 2.24) is 5.32 Å². The predicted molar refractivity (Wildman–Crippen MR) is 65.2 cm³/mol. The number of nitrogens with one attached hydrogen (secondary N) is 1. The third-order valence-electron chi connectivity index (χ3n) is 2.98. The van der Waals surface area contributed by atoms with Gasteiger partial charge < -0.3 is 10.2 Å². The molecule has 0 saturated carbocycles. The van der Waals surface area contributed by atoms with Crippen molar-refractivity contribution in [2.24, 2.45) is 0 Å². The van der Waals surface area contributed by atoms with Gasteiger partial charge in [0.1, 0.15) is 5.82 Å². The van der Waals surface area contributed by atoms with Crippen LogP contribution in [0.4, 0.5) is 10.1 Å². The Labute approximate surface area is 101 Å². The topological polar surface area (TPSA) is 39.1 Å². The molecule has 0 spiro atoms. The second-order valence-electron chi connectivity index (χ2n) is 4.51. The second kappa shape index (κ2) is 5.15. The number of piperazine rings is 1. The second-order valence-corrected chi connectivity index (χ2v) is 4.51. The van der Waals surface area contributed by atoms with Gasteiger partial charge in [-0.05, 0) is 31.2 Å². The van der Waals surface area contributed by atoms with Crippen molar-refractivity contribution in [3.05, 3.63) is 30.1 Å². The van der Waals surface area contributed by atoms with E-state index in [2.05, 4.69) is 23.2 Å². The molecule has 2 atom stereocenters. The van der Waals surface area contributed by atoms with Gasteiger partial charge in [0.05, 0.1) is 12.5 Å². The summed E-state index contributed by atoms with van der Waals surface area (Å²) in [4.78, 5) is 2.20. The molecule has 0 aliphatic carbocycles. The zero-order valence-electron chi connectivity index (χ0n) is 9.86. The first-order valence-electron chi connectivity index (χ1n) is 5.82. The van der Waals surface area contributed by atoms with E-state index < -0.39 is 0 Å². The van der Waals surface area contributed by atoms with Crippen LogP contribution in [0.25, 0.3) is 0 Å². The number of halogens is 1. The molecule has 1 aromatic carbocycles. The number of anilines is 1. The van der Waals surface area contributed by atoms with Crippen molar-refractivity contribution in [3.63, 3.8) is 0 Å². The van der Waals surface area contributed by atoms with Crippen LogP contribution in [0.5, 0.6) is 0 Å². The third-order valence-corrected chi connectivity index (χ3v) is 2.98. The zero-order chi connectivity index (χ0) is 12.3. The van der Waals surface area contributed by atoms with Crippen molar-refractivity contribution in [2.75, 3.05) is 18.0 Å². The highest BCUT2D eigenvalue weighted by molar-refractivity contribution is 5.47. The van der Waals surface area contributed by atoms with Crippen molar-refractivity contribution in [1.29, 1.82) is 5.26 Å². The van der Waals surface area contributed by atoms with Crippen LogP contribution in [-0.4, -0.2) is 25.2 Å². The van der Waals surface area contributed by atoms with E-state index in [1.807, 2.05) is 0 Å². The molecule has 4 heteroatoms. The van der Waals surface area contributed by atoms with E-state index in [4.69, 9.17) is 5.26 Å². The van der Waals surface area contributed by atoms with Gasteiger partial charge in [-0.3, -0.25) is 0 Å². The smallest absolute Gasteiger partial charge is 0.123 e. The third kappa shape index (κ3) is 2.95. The van der Waals surface area contributed by atoms with Crippen molar-refractivity contribution >= 4 is 5.69 Å². The maximum atomic E-state index is 12.9. The normalized spacial score (nSPS) is 24.4. The summed E-state index contributed by atoms with van der Waals surface area (Å²) in [5.74, 6) is -0.217. The molecule has 3 nitrogen and oxygen atoms in total. The summed E-state index contributed by atoms with van der Waals surface area (Å²) in [6.45, 7) is 3.77. The minimum atomic E-state index is -0.217. The lowest BCUT2D eigenvalue weighted by Gasteiger charge is -2.38. The van der Waals surface area contributed by atoms with Gasteiger partial charge in [-0.2, -0.15) is 5.26 Å². The molecule has 1 aliphatic rings. The van der Waals surface area contributed by atoms with E-state index in [9.17, 15) is 4.39 Å². The first-order chi connectivity index (χ1) is 8.19. The van der Waals surface area contributed by atoms with Crippen LogP contribution in [0.2, 0.25) is 0 Å². The quantitative estimate of drug-likeness (QED) is 0.848. The molecule has 1 N–H and O–H groups in total. The number of hydrogen-bond acceptors (Lipinski definition) is 3. The van der Waals surface area contributed by atoms with Gasteiger partial charge in [-0.25, -0.2) is 4.39 Å². The molecular formula is C13H16FN3. The van der Waals surface area contributed by atoms with Crippen molar-refractivity contribution in [2.45, 2.75) is 25.4 Å². The van der Waals surface area contributed by atoms with Gasteiger partial charge in [0.25, 0.3) is 0 Å². The Bertz CT molecular complexity index is 410. The summed E-state index contributed by atoms with van der Waals surface area (Å²) in [5, 5.41) is 12.1. The summed E-state index contributed by atoms with van der Waals surface area (Å²) in [5.41, 5.74) is 1.02. The standard InChI is InChI=1S/C13H16FN3/c1-10-8-17(9-12(16-10)6-7-15)13-4-2-11(14)3-5-13/h2-5,10,12,16H,6,8-9H2,1H3. The molecule has 90 valence electrons. The fourth-order valence-corrected chi connectivity index (χ4v) is 2.28. The molecule has 1 aliphatic heterocycles. The van der Waals surface area contributed by atoms with Gasteiger partial charge in [0, 0.05) is 30.9 Å². The Morgan fingerprint density at radius 3 is 2.76 bits per heavy atom. The van der Waals surface area contributed by atoms with Crippen LogP contribution >= 0.6 is 0 Å². The summed E-state index contributed by atoms with van der Waals surface area (Å²) in [7, 11) is 0. The van der Waals surface area contributed by atoms with E-state index in [1.54, 1.807) is 12.1 Å². The lowest BCUT2D eigenvalue weighted by molar-refractivity contribution is 0.391. The largest absolute Gasteiger partial charge is 0.368 e. The van der Waals surface area contributed by atoms with Crippen LogP contribution in [0.15, 0.2) is 24.3 Å². The van der Waals surface area contributed by atoms with Crippen LogP contribution in [0.3, 0.4) is 0 Å². The van der Waals surface area contributed by atoms with Gasteiger partial charge >= 0.3 is 0 Å². The molecule has 1 aromatic rings. The maximum absolute atomic E-state index is 12.9. The number of nitrogens with zero attached hydrogens (tertiary/aromatic N) is 2. The molecule has 2 unspecified atom stereocenters. The van der Waals surface area contributed by atoms with Gasteiger partial charge in [0.15, 0.2) is 0 Å². The van der Waals surface area contributed by atoms with Crippen LogP contribution in [-0.2, 0) is 0 Å². The predicted octanol–water partition coefficient (Wildman–Crippen LogP) is 1.91. The summed E-state index contributed by atoms with van der Waals surface area (Å²) in [6.07, 6.45) is 0.502. The van der Waals surface area contributed by atoms with Crippen LogP contribution in [0.1, 0.15) is 13.3 Å². The van der Waals surface area contributed by atoms with Crippen molar-refractivity contribution in [3.8, 4) is 6.07 Å². The zero-order valence-corrected chi connectivity index (χ0v) is 9.86. The molecule has 0 bridgehead atoms. The fourth-order valence-electron chi connectivity index (χ4n) is 2.28. The summed E-state index contributed by atoms with van der Waals surface area (Å²) >= 11 is 0. The molecule has 0 aromatic heterocycles. The van der Waals surface area contributed by atoms with Crippen LogP contribution < -0.4 is 10.2 Å². The minimum absolute atomic E-state index is 0.189. The maximum Gasteiger partial charge on any atom is 0.123 e. The molecule has 1 saturated heterocycles. The Morgan fingerprint density at radius 1 is 1.41 bits per heavy atom. The molecule has 1 fully saturated rings. The summed E-state index contributed by atoms with van der Waals surface area (Å²) < 4.78 is 12.9. The van der Waals surface area contributed by atoms with E-state index >= 15 is 0 Å². The lowest BCUT2D eigenvalue weighted by Crippen LogP contribution is -2.55. The number of rotatable bonds is 2. The molecule has 2 rings (SSSR count). The van der Waals surface area contributed by atoms with E-state index in [-0.39, 0.29) is 11.9 Å². The highest BCUT2D eigenvalue weighted by Gasteiger charge is 2.23. The number of nitriles is 1. The average Bonchev–Trinajstić information content (AvgIpc) is 2.29. The lowest BCUT2D eigenvalue weighted by atomic mass is 10.1. The molecule has 17 heavy (non-hydrogen) atoms. The molecule has 1 heterocycles. The van der Waals surface area contributed by atoms with Gasteiger partial charge in [-0.15, -0.1) is 0 Å². The van der Waals surface area contributed by atoms with Gasteiger partial charge in [0.2, 0.25) is 0 Å². The Hall–Kier alpha value is -1.60. The molecule has 0 amide bonds. The first-order valence-corrected chi connectivity index (χ1v) is 5.82. The minimum Gasteiger partial charge on any atom is -0.368 e. The number of benzene rings is 1. The monoisotopic (exact) mass is 233 g/mol. The molecular weight excluding hydrogens is 217 g/mol. The number of hydrogen-bond donors (Lipinski definition) is 1. The Morgan fingerprint density at radius 2 is 2.12 bits per heavy atom. The first kappa shape index (κ1) is 11.9. The van der Waals surface area contributed by atoms with Crippen molar-refractivity contribution < 1.29 is 4.39 Å². The summed E-state index contributed by atoms with van der Waals surface area (Å²) in [6, 6.07) is 9.24. The average molecular weight is 233 g/mol. The van der Waals surface area contributed by atoms with E-state index in [0.717, 1.165) is 18.8 Å². The van der Waals surface area contributed by atoms with Crippen LogP contribution in [0, 0.1) is 17.1 Å². The Balaban J connectivity index is 2.10. The van der Waals surface area contributed by atoms with E-state index in [0.29, 0.717) is 12.5 Å².